The number of likely N-dealkylation sites (N-methyl/N-ethyl adjacent to an activating group) is 1. The second kappa shape index (κ2) is 28.7. The molecule has 1 unspecified atom stereocenters. The van der Waals surface area contributed by atoms with Gasteiger partial charge in [0.2, 0.25) is 0 Å². The van der Waals surface area contributed by atoms with Crippen molar-refractivity contribution in [2.45, 2.75) is 110 Å². The molecule has 0 aliphatic heterocycles. The molecule has 276 valence electrons. The smallest absolute Gasteiger partial charge is 0.411 e. The fourth-order valence-corrected chi connectivity index (χ4v) is 5.58. The minimum Gasteiger partial charge on any atom is -0.447 e. The number of carbonyl (C=O) groups is 2. The molecule has 0 saturated carbocycles. The van der Waals surface area contributed by atoms with Crippen LogP contribution in [0.5, 0.6) is 0 Å². The maximum atomic E-state index is 12.2. The van der Waals surface area contributed by atoms with Crippen molar-refractivity contribution in [3.05, 3.63) is 59.7 Å². The molecule has 2 aromatic rings. The molecule has 2 amide bonds. The molecule has 49 heavy (non-hydrogen) atoms. The van der Waals surface area contributed by atoms with Crippen LogP contribution in [0.4, 0.5) is 21.0 Å². The summed E-state index contributed by atoms with van der Waals surface area (Å²) in [6, 6.07) is 15.3. The van der Waals surface area contributed by atoms with Gasteiger partial charge in [-0.05, 0) is 61.6 Å². The lowest BCUT2D eigenvalue weighted by Crippen LogP contribution is -3.09. The average molecular weight is 685 g/mol. The third-order valence-electron chi connectivity index (χ3n) is 8.56. The average Bonchev–Trinajstić information content (AvgIpc) is 3.10. The molecule has 0 fully saturated rings. The zero-order chi connectivity index (χ0) is 35.2. The molecule has 2 aromatic carbocycles. The summed E-state index contributed by atoms with van der Waals surface area (Å²) in [5.74, 6) is 0. The number of benzene rings is 2. The number of amides is 2. The molecule has 2 rings (SSSR count). The topological polar surface area (TPSA) is 99.6 Å². The summed E-state index contributed by atoms with van der Waals surface area (Å²) in [4.78, 5) is 25.5. The van der Waals surface area contributed by atoms with E-state index in [-0.39, 0.29) is 13.2 Å². The monoisotopic (exact) mass is 684 g/mol. The lowest BCUT2D eigenvalue weighted by atomic mass is 10.0. The minimum absolute atomic E-state index is 0.215. The van der Waals surface area contributed by atoms with Gasteiger partial charge >= 0.3 is 12.2 Å². The molecule has 0 aliphatic rings. The summed E-state index contributed by atoms with van der Waals surface area (Å²) >= 11 is 0. The van der Waals surface area contributed by atoms with Crippen LogP contribution >= 0.6 is 0 Å². The number of hydrogen-bond donors (Lipinski definition) is 3. The molecule has 0 bridgehead atoms. The summed E-state index contributed by atoms with van der Waals surface area (Å²) < 4.78 is 21.2. The van der Waals surface area contributed by atoms with E-state index in [4.69, 9.17) is 18.9 Å². The second-order valence-corrected chi connectivity index (χ2v) is 13.0. The van der Waals surface area contributed by atoms with Gasteiger partial charge in [0.25, 0.3) is 0 Å². The molecule has 0 aromatic heterocycles. The van der Waals surface area contributed by atoms with Gasteiger partial charge in [0.05, 0.1) is 33.4 Å². The van der Waals surface area contributed by atoms with Gasteiger partial charge in [-0.3, -0.25) is 10.6 Å². The predicted molar refractivity (Wildman–Crippen MR) is 200 cm³/mol. The van der Waals surface area contributed by atoms with Crippen molar-refractivity contribution in [3.8, 4) is 0 Å². The highest BCUT2D eigenvalue weighted by Gasteiger charge is 2.07. The fourth-order valence-electron chi connectivity index (χ4n) is 5.58. The summed E-state index contributed by atoms with van der Waals surface area (Å²) in [6.07, 6.45) is 19.2. The lowest BCUT2D eigenvalue weighted by Gasteiger charge is -2.14. The highest BCUT2D eigenvalue weighted by molar-refractivity contribution is 5.85. The number of ether oxygens (including phenoxy) is 4. The first-order chi connectivity index (χ1) is 24.0. The number of anilines is 2. The van der Waals surface area contributed by atoms with Crippen molar-refractivity contribution in [2.24, 2.45) is 0 Å². The summed E-state index contributed by atoms with van der Waals surface area (Å²) in [5, 5.41) is 5.48. The second-order valence-electron chi connectivity index (χ2n) is 13.0. The van der Waals surface area contributed by atoms with Crippen molar-refractivity contribution in [3.63, 3.8) is 0 Å². The first-order valence-corrected chi connectivity index (χ1v) is 19.0. The molecule has 1 atom stereocenters. The van der Waals surface area contributed by atoms with E-state index in [0.717, 1.165) is 24.1 Å². The molecule has 0 saturated heterocycles. The van der Waals surface area contributed by atoms with Gasteiger partial charge in [-0.15, -0.1) is 0 Å². The number of hydrogen-bond acceptors (Lipinski definition) is 6. The van der Waals surface area contributed by atoms with Crippen LogP contribution in [-0.2, 0) is 25.4 Å². The van der Waals surface area contributed by atoms with Gasteiger partial charge in [-0.2, -0.15) is 0 Å². The van der Waals surface area contributed by atoms with Crippen LogP contribution in [0.15, 0.2) is 48.5 Å². The van der Waals surface area contributed by atoms with Crippen LogP contribution in [0.2, 0.25) is 0 Å². The molecule has 0 spiro atoms. The van der Waals surface area contributed by atoms with Crippen molar-refractivity contribution in [1.82, 2.24) is 0 Å². The Kier molecular flexibility index (Phi) is 24.6. The summed E-state index contributed by atoms with van der Waals surface area (Å²) in [7, 11) is 2.22. The normalized spacial score (nSPS) is 11.7. The maximum Gasteiger partial charge on any atom is 0.411 e. The Balaban J connectivity index is 1.44. The van der Waals surface area contributed by atoms with Crippen LogP contribution in [0.3, 0.4) is 0 Å². The zero-order valence-corrected chi connectivity index (χ0v) is 30.8. The summed E-state index contributed by atoms with van der Waals surface area (Å²) in [6.45, 7) is 8.77. The Morgan fingerprint density at radius 1 is 0.531 bits per heavy atom. The Morgan fingerprint density at radius 3 is 1.41 bits per heavy atom. The van der Waals surface area contributed by atoms with E-state index in [0.29, 0.717) is 37.8 Å². The third kappa shape index (κ3) is 23.0. The number of unbranched alkanes of at least 4 members (excludes halogenated alkanes) is 13. The Morgan fingerprint density at radius 2 is 0.959 bits per heavy atom. The van der Waals surface area contributed by atoms with Crippen LogP contribution < -0.4 is 15.5 Å². The van der Waals surface area contributed by atoms with E-state index in [2.05, 4.69) is 24.6 Å². The van der Waals surface area contributed by atoms with E-state index in [9.17, 15) is 9.59 Å². The number of carbonyl (C=O) groups excluding carboxylic acids is 2. The van der Waals surface area contributed by atoms with Gasteiger partial charge < -0.3 is 23.8 Å². The number of rotatable bonds is 29. The third-order valence-corrected chi connectivity index (χ3v) is 8.56. The maximum absolute atomic E-state index is 12.2. The molecular formula is C40H66N3O6+. The van der Waals surface area contributed by atoms with E-state index in [1.807, 2.05) is 55.5 Å². The van der Waals surface area contributed by atoms with Gasteiger partial charge in [0.1, 0.15) is 19.8 Å². The fraction of sp³-hybridized carbons (Fsp3) is 0.650. The minimum atomic E-state index is -0.504. The van der Waals surface area contributed by atoms with Gasteiger partial charge in [0.15, 0.2) is 0 Å². The quantitative estimate of drug-likeness (QED) is 0.0745. The van der Waals surface area contributed by atoms with Crippen LogP contribution in [0, 0.1) is 0 Å². The van der Waals surface area contributed by atoms with Crippen molar-refractivity contribution in [1.29, 1.82) is 0 Å². The van der Waals surface area contributed by atoms with Gasteiger partial charge in [-0.25, -0.2) is 9.59 Å². The summed E-state index contributed by atoms with van der Waals surface area (Å²) in [5.41, 5.74) is 3.53. The van der Waals surface area contributed by atoms with Crippen molar-refractivity contribution >= 4 is 23.6 Å². The highest BCUT2D eigenvalue weighted by Crippen LogP contribution is 2.17. The highest BCUT2D eigenvalue weighted by atomic mass is 16.6. The molecule has 0 radical (unpaired) electrons. The van der Waals surface area contributed by atoms with E-state index in [1.54, 1.807) is 0 Å². The van der Waals surface area contributed by atoms with Crippen molar-refractivity contribution < 1.29 is 33.4 Å². The van der Waals surface area contributed by atoms with Crippen LogP contribution in [-0.4, -0.2) is 72.0 Å². The van der Waals surface area contributed by atoms with E-state index < -0.39 is 12.2 Å². The van der Waals surface area contributed by atoms with Crippen molar-refractivity contribution in [2.75, 3.05) is 70.4 Å². The van der Waals surface area contributed by atoms with E-state index >= 15 is 0 Å². The molecule has 0 heterocycles. The molecule has 3 N–H and O–H groups in total. The van der Waals surface area contributed by atoms with E-state index in [1.165, 1.54) is 101 Å². The molecule has 9 nitrogen and oxygen atoms in total. The van der Waals surface area contributed by atoms with Crippen LogP contribution in [0.25, 0.3) is 0 Å². The van der Waals surface area contributed by atoms with Crippen LogP contribution in [0.1, 0.15) is 115 Å². The number of quaternary nitrogens is 1. The first kappa shape index (κ1) is 42.0. The largest absolute Gasteiger partial charge is 0.447 e. The standard InChI is InChI=1S/C40H65N3O6/c1-4-6-7-8-9-10-11-12-13-14-15-16-17-18-27-43(3)28-29-47-31-33-49-40(45)42-38-25-21-36(22-26-38)34-35-19-23-37(24-20-35)41-39(44)48-32-30-46-5-2/h19-26H,4-18,27-34H2,1-3H3,(H,41,44)(H,42,45)/p+1. The zero-order valence-electron chi connectivity index (χ0n) is 30.8. The lowest BCUT2D eigenvalue weighted by molar-refractivity contribution is -0.880. The SMILES string of the molecule is CCCCCCCCCCCCCCCC[NH+](C)CCOCCOC(=O)Nc1ccc(Cc2ccc(NC(=O)OCCOCC)cc2)cc1. The number of nitrogens with one attached hydrogen (secondary N) is 3. The molecule has 0 aliphatic carbocycles. The van der Waals surface area contributed by atoms with Gasteiger partial charge in [0, 0.05) is 18.0 Å². The molecule has 9 heteroatoms. The first-order valence-electron chi connectivity index (χ1n) is 19.0. The Hall–Kier alpha value is -3.14. The predicted octanol–water partition coefficient (Wildman–Crippen LogP) is 8.42. The Labute approximate surface area is 296 Å². The van der Waals surface area contributed by atoms with Gasteiger partial charge in [-0.1, -0.05) is 108 Å². The molecular weight excluding hydrogens is 618 g/mol. The Bertz CT molecular complexity index is 1100.